The van der Waals surface area contributed by atoms with Crippen molar-refractivity contribution in [1.29, 1.82) is 0 Å². The van der Waals surface area contributed by atoms with Crippen molar-refractivity contribution in [3.63, 3.8) is 0 Å². The zero-order valence-electron chi connectivity index (χ0n) is 14.4. The molecule has 1 amide bonds. The van der Waals surface area contributed by atoms with Crippen molar-refractivity contribution < 1.29 is 18.0 Å². The van der Waals surface area contributed by atoms with Crippen molar-refractivity contribution in [3.8, 4) is 5.82 Å². The van der Waals surface area contributed by atoms with Crippen LogP contribution in [0, 0.1) is 12.8 Å². The molecule has 0 saturated carbocycles. The van der Waals surface area contributed by atoms with E-state index in [2.05, 4.69) is 29.2 Å². The minimum Gasteiger partial charge on any atom is -0.352 e. The summed E-state index contributed by atoms with van der Waals surface area (Å²) in [7, 11) is 0. The molecule has 2 rings (SSSR count). The first-order valence-electron chi connectivity index (χ1n) is 8.06. The third kappa shape index (κ3) is 4.80. The summed E-state index contributed by atoms with van der Waals surface area (Å²) in [6, 6.07) is 2.17. The van der Waals surface area contributed by atoms with Gasteiger partial charge in [0.2, 0.25) is 0 Å². The van der Waals surface area contributed by atoms with Crippen LogP contribution in [-0.2, 0) is 6.18 Å². The Bertz CT molecular complexity index is 720. The number of pyridine rings is 1. The first-order chi connectivity index (χ1) is 11.7. The number of nitrogens with zero attached hydrogens (tertiary/aromatic N) is 3. The van der Waals surface area contributed by atoms with Gasteiger partial charge in [-0.15, -0.1) is 0 Å². The number of carbonyl (C=O) groups excluding carboxylic acids is 1. The lowest BCUT2D eigenvalue weighted by Gasteiger charge is -2.09. The Balaban J connectivity index is 2.08. The molecule has 0 bridgehead atoms. The Hall–Kier alpha value is -2.38. The van der Waals surface area contributed by atoms with Crippen LogP contribution in [0.25, 0.3) is 5.82 Å². The Morgan fingerprint density at radius 3 is 2.56 bits per heavy atom. The number of carbonyl (C=O) groups is 1. The zero-order valence-corrected chi connectivity index (χ0v) is 14.4. The number of nitrogens with one attached hydrogen (secondary N) is 1. The second-order valence-electron chi connectivity index (χ2n) is 6.25. The molecule has 0 aliphatic carbocycles. The average molecular weight is 354 g/mol. The van der Waals surface area contributed by atoms with Crippen molar-refractivity contribution in [3.05, 3.63) is 41.3 Å². The molecule has 136 valence electrons. The maximum Gasteiger partial charge on any atom is 0.417 e. The first kappa shape index (κ1) is 19.0. The van der Waals surface area contributed by atoms with Crippen molar-refractivity contribution in [1.82, 2.24) is 20.1 Å². The van der Waals surface area contributed by atoms with E-state index in [1.807, 2.05) is 0 Å². The zero-order chi connectivity index (χ0) is 18.6. The van der Waals surface area contributed by atoms with Gasteiger partial charge in [-0.05, 0) is 37.8 Å². The molecule has 0 saturated heterocycles. The van der Waals surface area contributed by atoms with Gasteiger partial charge in [0.1, 0.15) is 0 Å². The topological polar surface area (TPSA) is 59.8 Å². The molecule has 2 heterocycles. The highest BCUT2D eigenvalue weighted by Gasteiger charge is 2.30. The van der Waals surface area contributed by atoms with Gasteiger partial charge in [-0.1, -0.05) is 13.8 Å². The van der Waals surface area contributed by atoms with Crippen LogP contribution in [0.2, 0.25) is 0 Å². The van der Waals surface area contributed by atoms with Gasteiger partial charge < -0.3 is 5.32 Å². The Morgan fingerprint density at radius 1 is 1.28 bits per heavy atom. The summed E-state index contributed by atoms with van der Waals surface area (Å²) in [6.07, 6.45) is -0.384. The van der Waals surface area contributed by atoms with Gasteiger partial charge in [0.05, 0.1) is 23.0 Å². The standard InChI is InChI=1S/C17H21F3N4O/c1-11(2)5-4-8-21-16(25)14-10-23-24(12(14)3)15-7-6-13(9-22-15)17(18,19)20/h6-7,9-11H,4-5,8H2,1-3H3,(H,21,25). The van der Waals surface area contributed by atoms with Crippen LogP contribution in [-0.4, -0.2) is 27.2 Å². The van der Waals surface area contributed by atoms with E-state index >= 15 is 0 Å². The molecule has 0 spiro atoms. The van der Waals surface area contributed by atoms with Gasteiger partial charge in [0, 0.05) is 12.7 Å². The number of halogens is 3. The quantitative estimate of drug-likeness (QED) is 0.804. The van der Waals surface area contributed by atoms with Crippen LogP contribution in [0.3, 0.4) is 0 Å². The molecule has 0 aliphatic rings. The number of aromatic nitrogens is 3. The number of rotatable bonds is 6. The second kappa shape index (κ2) is 7.67. The van der Waals surface area contributed by atoms with Crippen LogP contribution in [0.1, 0.15) is 48.3 Å². The summed E-state index contributed by atoms with van der Waals surface area (Å²) >= 11 is 0. The average Bonchev–Trinajstić information content (AvgIpc) is 2.92. The molecule has 0 unspecified atom stereocenters. The number of amides is 1. The molecular formula is C17H21F3N4O. The fraction of sp³-hybridized carbons (Fsp3) is 0.471. The van der Waals surface area contributed by atoms with E-state index in [1.54, 1.807) is 6.92 Å². The lowest BCUT2D eigenvalue weighted by atomic mass is 10.1. The van der Waals surface area contributed by atoms with Gasteiger partial charge in [0.15, 0.2) is 5.82 Å². The largest absolute Gasteiger partial charge is 0.417 e. The van der Waals surface area contributed by atoms with Crippen LogP contribution in [0.4, 0.5) is 13.2 Å². The smallest absolute Gasteiger partial charge is 0.352 e. The van der Waals surface area contributed by atoms with Gasteiger partial charge in [-0.3, -0.25) is 4.79 Å². The van der Waals surface area contributed by atoms with Gasteiger partial charge >= 0.3 is 6.18 Å². The summed E-state index contributed by atoms with van der Waals surface area (Å²) in [5.41, 5.74) is 0.0732. The summed E-state index contributed by atoms with van der Waals surface area (Å²) in [4.78, 5) is 16.0. The van der Waals surface area contributed by atoms with Crippen molar-refractivity contribution in [2.24, 2.45) is 5.92 Å². The van der Waals surface area contributed by atoms with E-state index < -0.39 is 11.7 Å². The normalized spacial score (nSPS) is 11.8. The third-order valence-corrected chi connectivity index (χ3v) is 3.79. The minimum absolute atomic E-state index is 0.226. The molecule has 0 aliphatic heterocycles. The molecule has 1 N–H and O–H groups in total. The molecule has 0 fully saturated rings. The number of hydrogen-bond donors (Lipinski definition) is 1. The fourth-order valence-corrected chi connectivity index (χ4v) is 2.35. The monoisotopic (exact) mass is 354 g/mol. The Labute approximate surface area is 144 Å². The lowest BCUT2D eigenvalue weighted by Crippen LogP contribution is -2.25. The van der Waals surface area contributed by atoms with Crippen molar-refractivity contribution >= 4 is 5.91 Å². The van der Waals surface area contributed by atoms with Crippen LogP contribution >= 0.6 is 0 Å². The summed E-state index contributed by atoms with van der Waals surface area (Å²) in [5, 5.41) is 6.89. The fourth-order valence-electron chi connectivity index (χ4n) is 2.35. The predicted molar refractivity (Wildman–Crippen MR) is 87.5 cm³/mol. The predicted octanol–water partition coefficient (Wildman–Crippen LogP) is 3.76. The van der Waals surface area contributed by atoms with E-state index in [0.29, 0.717) is 23.7 Å². The Morgan fingerprint density at radius 2 is 2.00 bits per heavy atom. The first-order valence-corrected chi connectivity index (χ1v) is 8.06. The Kier molecular flexibility index (Phi) is 5.81. The van der Waals surface area contributed by atoms with E-state index in [4.69, 9.17) is 0 Å². The summed E-state index contributed by atoms with van der Waals surface area (Å²) in [5.74, 6) is 0.552. The van der Waals surface area contributed by atoms with E-state index in [9.17, 15) is 18.0 Å². The molecule has 2 aromatic rings. The molecular weight excluding hydrogens is 333 g/mol. The molecule has 0 radical (unpaired) electrons. The highest BCUT2D eigenvalue weighted by atomic mass is 19.4. The highest BCUT2D eigenvalue weighted by molar-refractivity contribution is 5.95. The molecule has 2 aromatic heterocycles. The van der Waals surface area contributed by atoms with E-state index in [1.165, 1.54) is 16.9 Å². The third-order valence-electron chi connectivity index (χ3n) is 3.79. The molecule has 8 heteroatoms. The van der Waals surface area contributed by atoms with Crippen LogP contribution in [0.5, 0.6) is 0 Å². The number of hydrogen-bond acceptors (Lipinski definition) is 3. The SMILES string of the molecule is Cc1c(C(=O)NCCCC(C)C)cnn1-c1ccc(C(F)(F)F)cn1. The second-order valence-corrected chi connectivity index (χ2v) is 6.25. The highest BCUT2D eigenvalue weighted by Crippen LogP contribution is 2.28. The van der Waals surface area contributed by atoms with Crippen molar-refractivity contribution in [2.45, 2.75) is 39.8 Å². The van der Waals surface area contributed by atoms with Crippen LogP contribution < -0.4 is 5.32 Å². The molecule has 0 atom stereocenters. The minimum atomic E-state index is -4.44. The maximum atomic E-state index is 12.6. The molecule has 0 aromatic carbocycles. The van der Waals surface area contributed by atoms with Gasteiger partial charge in [-0.25, -0.2) is 9.67 Å². The number of alkyl halides is 3. The summed E-state index contributed by atoms with van der Waals surface area (Å²) < 4.78 is 39.1. The van der Waals surface area contributed by atoms with E-state index in [-0.39, 0.29) is 11.7 Å². The van der Waals surface area contributed by atoms with Gasteiger partial charge in [0.25, 0.3) is 5.91 Å². The van der Waals surface area contributed by atoms with Crippen molar-refractivity contribution in [2.75, 3.05) is 6.54 Å². The maximum absolute atomic E-state index is 12.6. The molecule has 25 heavy (non-hydrogen) atoms. The lowest BCUT2D eigenvalue weighted by molar-refractivity contribution is -0.137. The summed E-state index contributed by atoms with van der Waals surface area (Å²) in [6.45, 7) is 6.48. The molecule has 5 nitrogen and oxygen atoms in total. The van der Waals surface area contributed by atoms with Crippen LogP contribution in [0.15, 0.2) is 24.5 Å². The van der Waals surface area contributed by atoms with E-state index in [0.717, 1.165) is 25.1 Å². The van der Waals surface area contributed by atoms with Gasteiger partial charge in [-0.2, -0.15) is 18.3 Å².